The van der Waals surface area contributed by atoms with Crippen LogP contribution in [0.4, 0.5) is 15.3 Å². The van der Waals surface area contributed by atoms with Gasteiger partial charge in [-0.3, -0.25) is 19.3 Å². The lowest BCUT2D eigenvalue weighted by molar-refractivity contribution is -0.134. The largest absolute Gasteiger partial charge is 0.339 e. The van der Waals surface area contributed by atoms with E-state index in [4.69, 9.17) is 0 Å². The topological polar surface area (TPSA) is 98.8 Å². The quantitative estimate of drug-likeness (QED) is 0.565. The maximum atomic E-state index is 13.2. The third-order valence-corrected chi connectivity index (χ3v) is 6.56. The van der Waals surface area contributed by atoms with Gasteiger partial charge < -0.3 is 15.5 Å². The van der Waals surface area contributed by atoms with Gasteiger partial charge in [-0.05, 0) is 47.9 Å². The van der Waals surface area contributed by atoms with Gasteiger partial charge in [0.25, 0.3) is 11.1 Å². The average Bonchev–Trinajstić information content (AvgIpc) is 3.22. The van der Waals surface area contributed by atoms with Crippen LogP contribution in [0.2, 0.25) is 0 Å². The third kappa shape index (κ3) is 3.76. The number of anilines is 1. The number of fused-ring (bicyclic) bond motifs is 2. The van der Waals surface area contributed by atoms with Crippen LogP contribution in [0.25, 0.3) is 0 Å². The second-order valence-electron chi connectivity index (χ2n) is 7.69. The van der Waals surface area contributed by atoms with E-state index in [0.29, 0.717) is 23.4 Å². The Morgan fingerprint density at radius 3 is 2.61 bits per heavy atom. The molecule has 31 heavy (non-hydrogen) atoms. The first-order valence-electron chi connectivity index (χ1n) is 9.82. The van der Waals surface area contributed by atoms with Gasteiger partial charge in [-0.15, -0.1) is 0 Å². The molecule has 9 heteroatoms. The maximum Gasteiger partial charge on any atom is 0.325 e. The summed E-state index contributed by atoms with van der Waals surface area (Å²) in [6.07, 6.45) is 1.16. The molecule has 4 rings (SSSR count). The summed E-state index contributed by atoms with van der Waals surface area (Å²) < 4.78 is 0. The van der Waals surface area contributed by atoms with Gasteiger partial charge >= 0.3 is 6.03 Å². The molecule has 2 aliphatic rings. The van der Waals surface area contributed by atoms with Crippen LogP contribution in [0.3, 0.4) is 0 Å². The van der Waals surface area contributed by atoms with Crippen molar-refractivity contribution in [3.05, 3.63) is 59.7 Å². The Hall–Kier alpha value is -3.33. The van der Waals surface area contributed by atoms with Crippen molar-refractivity contribution in [2.24, 2.45) is 0 Å². The number of hydrogen-bond donors (Lipinski definition) is 2. The lowest BCUT2D eigenvalue weighted by atomic mass is 9.92. The minimum absolute atomic E-state index is 0.183. The van der Waals surface area contributed by atoms with E-state index in [0.717, 1.165) is 27.8 Å². The zero-order chi connectivity index (χ0) is 22.2. The Kier molecular flexibility index (Phi) is 5.45. The van der Waals surface area contributed by atoms with E-state index in [1.54, 1.807) is 38.4 Å². The number of rotatable bonds is 4. The molecule has 160 valence electrons. The molecule has 2 N–H and O–H groups in total. The van der Waals surface area contributed by atoms with Gasteiger partial charge in [-0.25, -0.2) is 4.79 Å². The monoisotopic (exact) mass is 438 g/mol. The molecule has 1 atom stereocenters. The Morgan fingerprint density at radius 1 is 1.13 bits per heavy atom. The zero-order valence-corrected chi connectivity index (χ0v) is 18.0. The van der Waals surface area contributed by atoms with Crippen molar-refractivity contribution in [2.75, 3.05) is 26.0 Å². The molecule has 1 saturated heterocycles. The van der Waals surface area contributed by atoms with E-state index in [1.807, 2.05) is 24.3 Å². The maximum absolute atomic E-state index is 13.2. The summed E-state index contributed by atoms with van der Waals surface area (Å²) in [5.74, 6) is -0.930. The van der Waals surface area contributed by atoms with Gasteiger partial charge in [0.15, 0.2) is 0 Å². The molecule has 0 aromatic heterocycles. The molecule has 1 heterocycles. The summed E-state index contributed by atoms with van der Waals surface area (Å²) in [4.78, 5) is 53.5. The molecule has 0 bridgehead atoms. The van der Waals surface area contributed by atoms with Crippen LogP contribution in [-0.2, 0) is 21.5 Å². The lowest BCUT2D eigenvalue weighted by Crippen LogP contribution is -2.43. The fraction of sp³-hybridized carbons (Fsp3) is 0.273. The van der Waals surface area contributed by atoms with Crippen molar-refractivity contribution in [1.82, 2.24) is 15.1 Å². The van der Waals surface area contributed by atoms with Crippen molar-refractivity contribution in [1.29, 1.82) is 0 Å². The van der Waals surface area contributed by atoms with Crippen molar-refractivity contribution in [2.45, 2.75) is 23.3 Å². The number of hydrogen-bond acceptors (Lipinski definition) is 5. The number of aryl methyl sites for hydroxylation is 1. The lowest BCUT2D eigenvalue weighted by Gasteiger charge is -2.22. The number of para-hydroxylation sites is 1. The van der Waals surface area contributed by atoms with Crippen LogP contribution >= 0.6 is 11.8 Å². The molecule has 1 aliphatic heterocycles. The zero-order valence-electron chi connectivity index (χ0n) is 17.2. The highest BCUT2D eigenvalue weighted by atomic mass is 32.2. The first-order chi connectivity index (χ1) is 14.8. The van der Waals surface area contributed by atoms with E-state index in [1.165, 1.54) is 4.90 Å². The van der Waals surface area contributed by atoms with Crippen molar-refractivity contribution >= 4 is 40.5 Å². The molecule has 1 unspecified atom stereocenters. The van der Waals surface area contributed by atoms with Crippen molar-refractivity contribution < 1.29 is 19.2 Å². The number of imide groups is 1. The predicted octanol–water partition coefficient (Wildman–Crippen LogP) is 2.79. The summed E-state index contributed by atoms with van der Waals surface area (Å²) in [6.45, 7) is -0.408. The first kappa shape index (κ1) is 20.9. The highest BCUT2D eigenvalue weighted by Gasteiger charge is 2.55. The molecular formula is C22H22N4O4S. The van der Waals surface area contributed by atoms with Gasteiger partial charge in [0.05, 0.1) is 5.69 Å². The van der Waals surface area contributed by atoms with E-state index in [9.17, 15) is 19.2 Å². The van der Waals surface area contributed by atoms with Gasteiger partial charge in [0.1, 0.15) is 12.1 Å². The fourth-order valence-electron chi connectivity index (χ4n) is 3.91. The van der Waals surface area contributed by atoms with E-state index in [2.05, 4.69) is 10.6 Å². The molecule has 2 aromatic carbocycles. The Bertz CT molecular complexity index is 1090. The summed E-state index contributed by atoms with van der Waals surface area (Å²) in [6, 6.07) is 13.8. The van der Waals surface area contributed by atoms with Crippen LogP contribution in [0.15, 0.2) is 53.4 Å². The number of carbonyl (C=O) groups is 4. The number of urea groups is 1. The Labute approximate surface area is 184 Å². The fourth-order valence-corrected chi connectivity index (χ4v) is 4.66. The predicted molar refractivity (Wildman–Crippen MR) is 117 cm³/mol. The molecule has 1 fully saturated rings. The summed E-state index contributed by atoms with van der Waals surface area (Å²) in [7, 11) is 3.29. The second kappa shape index (κ2) is 8.07. The number of nitrogens with zero attached hydrogens (tertiary/aromatic N) is 2. The van der Waals surface area contributed by atoms with Crippen LogP contribution in [0, 0.1) is 0 Å². The molecule has 8 nitrogen and oxygen atoms in total. The molecule has 1 spiro atoms. The summed E-state index contributed by atoms with van der Waals surface area (Å²) >= 11 is 0.984. The number of carbonyl (C=O) groups excluding carboxylic acids is 4. The van der Waals surface area contributed by atoms with Gasteiger partial charge in [0, 0.05) is 19.0 Å². The number of benzene rings is 2. The molecule has 1 aliphatic carbocycles. The minimum atomic E-state index is -1.10. The smallest absolute Gasteiger partial charge is 0.325 e. The SMILES string of the molecule is CN(C)C(=O)Sc1ccccc1NC(=O)CN1C(=O)NC2(CCc3ccccc32)C1=O. The van der Waals surface area contributed by atoms with E-state index >= 15 is 0 Å². The van der Waals surface area contributed by atoms with Gasteiger partial charge in [-0.1, -0.05) is 36.4 Å². The van der Waals surface area contributed by atoms with E-state index in [-0.39, 0.29) is 5.24 Å². The number of amides is 5. The third-order valence-electron chi connectivity index (χ3n) is 5.45. The number of nitrogens with one attached hydrogen (secondary N) is 2. The van der Waals surface area contributed by atoms with Crippen LogP contribution in [0.5, 0.6) is 0 Å². The Balaban J connectivity index is 1.49. The van der Waals surface area contributed by atoms with Gasteiger partial charge in [0.2, 0.25) is 5.91 Å². The summed E-state index contributed by atoms with van der Waals surface area (Å²) in [5, 5.41) is 5.34. The minimum Gasteiger partial charge on any atom is -0.339 e. The van der Waals surface area contributed by atoms with Crippen LogP contribution in [-0.4, -0.2) is 53.5 Å². The average molecular weight is 439 g/mol. The van der Waals surface area contributed by atoms with Crippen LogP contribution < -0.4 is 10.6 Å². The summed E-state index contributed by atoms with van der Waals surface area (Å²) in [5.41, 5.74) is 1.17. The standard InChI is InChI=1S/C22H22N4O4S/c1-25(2)21(30)31-17-10-6-5-9-16(17)23-18(27)13-26-19(28)22(24-20(26)29)12-11-14-7-3-4-8-15(14)22/h3-10H,11-13H2,1-2H3,(H,23,27)(H,24,29). The normalized spacial score (nSPS) is 19.4. The first-order valence-corrected chi connectivity index (χ1v) is 10.6. The van der Waals surface area contributed by atoms with Gasteiger partial charge in [-0.2, -0.15) is 0 Å². The number of thioether (sulfide) groups is 1. The molecule has 2 aromatic rings. The Morgan fingerprint density at radius 2 is 1.84 bits per heavy atom. The van der Waals surface area contributed by atoms with Crippen molar-refractivity contribution in [3.63, 3.8) is 0 Å². The second-order valence-corrected chi connectivity index (χ2v) is 8.68. The molecule has 0 radical (unpaired) electrons. The molecule has 5 amide bonds. The molecular weight excluding hydrogens is 416 g/mol. The van der Waals surface area contributed by atoms with Crippen molar-refractivity contribution in [3.8, 4) is 0 Å². The van der Waals surface area contributed by atoms with Crippen LogP contribution in [0.1, 0.15) is 17.5 Å². The van der Waals surface area contributed by atoms with E-state index < -0.39 is 29.9 Å². The molecule has 0 saturated carbocycles. The highest BCUT2D eigenvalue weighted by Crippen LogP contribution is 2.41. The highest BCUT2D eigenvalue weighted by molar-refractivity contribution is 8.13.